The number of anilines is 1. The highest BCUT2D eigenvalue weighted by molar-refractivity contribution is 6.31. The van der Waals surface area contributed by atoms with Crippen LogP contribution >= 0.6 is 11.6 Å². The number of carbonyl (C=O) groups excluding carboxylic acids is 1. The fourth-order valence-corrected chi connectivity index (χ4v) is 4.65. The van der Waals surface area contributed by atoms with Gasteiger partial charge in [-0.2, -0.15) is 0 Å². The minimum atomic E-state index is -0.864. The van der Waals surface area contributed by atoms with Crippen molar-refractivity contribution in [3.63, 3.8) is 0 Å². The number of aryl methyl sites for hydroxylation is 1. The normalized spacial score (nSPS) is 36.4. The summed E-state index contributed by atoms with van der Waals surface area (Å²) in [5.74, 6) is -1.19. The lowest BCUT2D eigenvalue weighted by Gasteiger charge is -2.41. The maximum absolute atomic E-state index is 12.8. The molecule has 0 radical (unpaired) electrons. The van der Waals surface area contributed by atoms with Crippen molar-refractivity contribution in [2.45, 2.75) is 13.3 Å². The molecule has 0 aromatic heterocycles. The molecule has 23 heavy (non-hydrogen) atoms. The zero-order chi connectivity index (χ0) is 16.3. The molecule has 1 amide bonds. The first kappa shape index (κ1) is 14.8. The maximum atomic E-state index is 12.8. The monoisotopic (exact) mass is 331 g/mol. The van der Waals surface area contributed by atoms with E-state index in [1.807, 2.05) is 19.1 Å². The molecule has 0 aliphatic heterocycles. The summed E-state index contributed by atoms with van der Waals surface area (Å²) in [5.41, 5.74) is 1.56. The largest absolute Gasteiger partial charge is 0.481 e. The number of hydrogen-bond acceptors (Lipinski definition) is 2. The van der Waals surface area contributed by atoms with Crippen LogP contribution in [0.4, 0.5) is 5.69 Å². The number of allylic oxidation sites excluding steroid dienone is 2. The molecule has 2 saturated carbocycles. The number of benzene rings is 1. The van der Waals surface area contributed by atoms with Crippen molar-refractivity contribution in [2.24, 2.45) is 35.5 Å². The topological polar surface area (TPSA) is 66.4 Å². The van der Waals surface area contributed by atoms with Crippen molar-refractivity contribution in [1.82, 2.24) is 0 Å². The summed E-state index contributed by atoms with van der Waals surface area (Å²) in [6.07, 6.45) is 5.13. The number of aliphatic carboxylic acids is 1. The van der Waals surface area contributed by atoms with Crippen LogP contribution in [0.15, 0.2) is 30.4 Å². The van der Waals surface area contributed by atoms with Crippen molar-refractivity contribution in [1.29, 1.82) is 0 Å². The number of hydrogen-bond donors (Lipinski definition) is 2. The van der Waals surface area contributed by atoms with Gasteiger partial charge in [-0.25, -0.2) is 0 Å². The van der Waals surface area contributed by atoms with Gasteiger partial charge in [-0.15, -0.1) is 0 Å². The van der Waals surface area contributed by atoms with Crippen LogP contribution in [0.3, 0.4) is 0 Å². The van der Waals surface area contributed by atoms with E-state index in [1.165, 1.54) is 0 Å². The molecular formula is C18H18ClNO3. The third kappa shape index (κ3) is 2.27. The van der Waals surface area contributed by atoms with Crippen molar-refractivity contribution >= 4 is 29.2 Å². The number of nitrogens with one attached hydrogen (secondary N) is 1. The molecule has 4 nitrogen and oxygen atoms in total. The van der Waals surface area contributed by atoms with E-state index in [-0.39, 0.29) is 17.7 Å². The minimum absolute atomic E-state index is 0.000134. The smallest absolute Gasteiger partial charge is 0.307 e. The molecule has 4 aliphatic rings. The molecule has 0 spiro atoms. The highest BCUT2D eigenvalue weighted by Gasteiger charge is 2.62. The molecule has 2 N–H and O–H groups in total. The highest BCUT2D eigenvalue weighted by atomic mass is 35.5. The molecular weight excluding hydrogens is 314 g/mol. The molecule has 0 heterocycles. The summed E-state index contributed by atoms with van der Waals surface area (Å²) in [5, 5.41) is 13.1. The number of fused-ring (bicyclic) bond motifs is 1. The van der Waals surface area contributed by atoms with E-state index in [0.29, 0.717) is 22.5 Å². The number of amides is 1. The molecule has 2 fully saturated rings. The van der Waals surface area contributed by atoms with Gasteiger partial charge in [-0.1, -0.05) is 29.8 Å². The van der Waals surface area contributed by atoms with Crippen LogP contribution < -0.4 is 5.32 Å². The third-order valence-electron chi connectivity index (χ3n) is 5.68. The van der Waals surface area contributed by atoms with Crippen molar-refractivity contribution < 1.29 is 14.7 Å². The summed E-state index contributed by atoms with van der Waals surface area (Å²) in [4.78, 5) is 24.5. The number of carbonyl (C=O) groups is 2. The molecule has 6 unspecified atom stereocenters. The second-order valence-corrected chi connectivity index (χ2v) is 7.35. The van der Waals surface area contributed by atoms with E-state index in [9.17, 15) is 14.7 Å². The van der Waals surface area contributed by atoms with E-state index in [4.69, 9.17) is 11.6 Å². The van der Waals surface area contributed by atoms with Crippen molar-refractivity contribution in [2.75, 3.05) is 5.32 Å². The molecule has 2 bridgehead atoms. The van der Waals surface area contributed by atoms with Gasteiger partial charge in [-0.05, 0) is 54.7 Å². The predicted octanol–water partition coefficient (Wildman–Crippen LogP) is 3.36. The average Bonchev–Trinajstić information content (AvgIpc) is 3.32. The lowest BCUT2D eigenvalue weighted by atomic mass is 9.62. The van der Waals surface area contributed by atoms with Gasteiger partial charge in [0, 0.05) is 10.7 Å². The van der Waals surface area contributed by atoms with Crippen LogP contribution in [-0.2, 0) is 9.59 Å². The molecule has 1 aromatic carbocycles. The van der Waals surface area contributed by atoms with Gasteiger partial charge >= 0.3 is 5.97 Å². The molecule has 4 aliphatic carbocycles. The Morgan fingerprint density at radius 3 is 2.43 bits per heavy atom. The Bertz CT molecular complexity index is 729. The lowest BCUT2D eigenvalue weighted by molar-refractivity contribution is -0.152. The first-order valence-electron chi connectivity index (χ1n) is 7.95. The number of carboxylic acids is 1. The summed E-state index contributed by atoms with van der Waals surface area (Å²) in [7, 11) is 0. The molecule has 0 saturated heterocycles. The Hall–Kier alpha value is -1.81. The Balaban J connectivity index is 1.60. The van der Waals surface area contributed by atoms with Crippen LogP contribution in [0.25, 0.3) is 0 Å². The van der Waals surface area contributed by atoms with Crippen LogP contribution in [-0.4, -0.2) is 17.0 Å². The molecule has 120 valence electrons. The van der Waals surface area contributed by atoms with Gasteiger partial charge in [0.1, 0.15) is 0 Å². The minimum Gasteiger partial charge on any atom is -0.481 e. The van der Waals surface area contributed by atoms with E-state index >= 15 is 0 Å². The fourth-order valence-electron chi connectivity index (χ4n) is 4.47. The van der Waals surface area contributed by atoms with Crippen LogP contribution in [0.2, 0.25) is 5.02 Å². The first-order valence-corrected chi connectivity index (χ1v) is 8.33. The number of rotatable bonds is 3. The van der Waals surface area contributed by atoms with Crippen LogP contribution in [0, 0.1) is 42.4 Å². The standard InChI is InChI=1S/C18H18ClNO3/c1-8-2-3-9(6-14(8)19)20-17(21)15-10-4-5-11(13-7-12(10)13)16(15)18(22)23/h2-6,10-13,15-16H,7H2,1H3,(H,20,21)(H,22,23). The zero-order valence-electron chi connectivity index (χ0n) is 12.7. The average molecular weight is 332 g/mol. The number of halogens is 1. The fraction of sp³-hybridized carbons (Fsp3) is 0.444. The predicted molar refractivity (Wildman–Crippen MR) is 87.2 cm³/mol. The highest BCUT2D eigenvalue weighted by Crippen LogP contribution is 2.63. The second kappa shape index (κ2) is 5.10. The molecule has 6 atom stereocenters. The van der Waals surface area contributed by atoms with E-state index in [0.717, 1.165) is 12.0 Å². The summed E-state index contributed by atoms with van der Waals surface area (Å²) in [6.45, 7) is 1.90. The summed E-state index contributed by atoms with van der Waals surface area (Å²) in [6, 6.07) is 5.35. The summed E-state index contributed by atoms with van der Waals surface area (Å²) >= 11 is 6.10. The van der Waals surface area contributed by atoms with Crippen LogP contribution in [0.5, 0.6) is 0 Å². The van der Waals surface area contributed by atoms with E-state index < -0.39 is 17.8 Å². The Morgan fingerprint density at radius 2 is 1.83 bits per heavy atom. The molecule has 1 aromatic rings. The first-order chi connectivity index (χ1) is 11.0. The summed E-state index contributed by atoms with van der Waals surface area (Å²) < 4.78 is 0. The van der Waals surface area contributed by atoms with Gasteiger partial charge in [0.05, 0.1) is 11.8 Å². The third-order valence-corrected chi connectivity index (χ3v) is 6.09. The van der Waals surface area contributed by atoms with Gasteiger partial charge in [-0.3, -0.25) is 9.59 Å². The van der Waals surface area contributed by atoms with Gasteiger partial charge in [0.2, 0.25) is 5.91 Å². The maximum Gasteiger partial charge on any atom is 0.307 e. The Kier molecular flexibility index (Phi) is 3.27. The number of carboxylic acid groups (broad SMARTS) is 1. The quantitative estimate of drug-likeness (QED) is 0.835. The van der Waals surface area contributed by atoms with Crippen molar-refractivity contribution in [3.8, 4) is 0 Å². The zero-order valence-corrected chi connectivity index (χ0v) is 13.5. The Morgan fingerprint density at radius 1 is 1.17 bits per heavy atom. The van der Waals surface area contributed by atoms with E-state index in [1.54, 1.807) is 12.1 Å². The SMILES string of the molecule is Cc1ccc(NC(=O)C2C3C=CC(C4CC34)C2C(=O)O)cc1Cl. The lowest BCUT2D eigenvalue weighted by Crippen LogP contribution is -2.48. The molecule has 5 rings (SSSR count). The van der Waals surface area contributed by atoms with Gasteiger partial charge in [0.15, 0.2) is 0 Å². The second-order valence-electron chi connectivity index (χ2n) is 6.95. The van der Waals surface area contributed by atoms with Crippen LogP contribution in [0.1, 0.15) is 12.0 Å². The van der Waals surface area contributed by atoms with Gasteiger partial charge < -0.3 is 10.4 Å². The van der Waals surface area contributed by atoms with E-state index in [2.05, 4.69) is 11.4 Å². The van der Waals surface area contributed by atoms with Gasteiger partial charge in [0.25, 0.3) is 0 Å². The van der Waals surface area contributed by atoms with Crippen molar-refractivity contribution in [3.05, 3.63) is 40.9 Å². The Labute approximate surface area is 139 Å². The molecule has 5 heteroatoms.